The van der Waals surface area contributed by atoms with E-state index in [9.17, 15) is 56.4 Å². The molecule has 2 unspecified atom stereocenters. The summed E-state index contributed by atoms with van der Waals surface area (Å²) in [5, 5.41) is 22.5. The van der Waals surface area contributed by atoms with E-state index < -0.39 is 51.5 Å². The first-order valence-electron chi connectivity index (χ1n) is 35.1. The van der Waals surface area contributed by atoms with Crippen LogP contribution in [0.3, 0.4) is 0 Å². The number of sulfone groups is 1. The van der Waals surface area contributed by atoms with Crippen LogP contribution < -0.4 is 53.6 Å². The Bertz CT molecular complexity index is 4350. The van der Waals surface area contributed by atoms with Gasteiger partial charge in [0.25, 0.3) is 23.6 Å². The van der Waals surface area contributed by atoms with Crippen molar-refractivity contribution < 1.29 is 70.9 Å². The monoisotopic (exact) mass is 1460 g/mol. The maximum atomic E-state index is 13.1. The maximum Gasteiger partial charge on any atom is 0.305 e. The fourth-order valence-electron chi connectivity index (χ4n) is 13.3. The lowest BCUT2D eigenvalue weighted by Crippen LogP contribution is -2.52. The minimum Gasteiger partial charge on any atom is -0.481 e. The van der Waals surface area contributed by atoms with Crippen LogP contribution in [0.15, 0.2) is 102 Å². The van der Waals surface area contributed by atoms with Crippen molar-refractivity contribution in [2.45, 2.75) is 145 Å². The second-order valence-electron chi connectivity index (χ2n) is 26.4. The van der Waals surface area contributed by atoms with Crippen molar-refractivity contribution in [3.8, 4) is 0 Å². The van der Waals surface area contributed by atoms with Gasteiger partial charge in [-0.3, -0.25) is 58.6 Å². The van der Waals surface area contributed by atoms with E-state index >= 15 is 0 Å². The largest absolute Gasteiger partial charge is 0.481 e. The first-order valence-corrected chi connectivity index (χ1v) is 37.0. The minimum atomic E-state index is -3.38. The Kier molecular flexibility index (Phi) is 26.0. The molecular formula is C73H88N16O15S. The van der Waals surface area contributed by atoms with E-state index in [1.54, 1.807) is 40.3 Å². The number of rotatable bonds is 27. The van der Waals surface area contributed by atoms with Crippen LogP contribution in [0.4, 0.5) is 34.6 Å². The van der Waals surface area contributed by atoms with Crippen LogP contribution in [0.25, 0.3) is 0 Å². The number of carboxylic acid groups (broad SMARTS) is 1. The van der Waals surface area contributed by atoms with E-state index in [1.165, 1.54) is 23.9 Å². The summed E-state index contributed by atoms with van der Waals surface area (Å²) in [6, 6.07) is 23.8. The molecule has 2 aromatic heterocycles. The molecule has 9 amide bonds. The molecule has 12 rings (SSSR count). The molecule has 6 aliphatic heterocycles. The van der Waals surface area contributed by atoms with Gasteiger partial charge in [-0.05, 0) is 147 Å². The molecule has 0 radical (unpaired) electrons. The van der Waals surface area contributed by atoms with E-state index in [-0.39, 0.29) is 103 Å². The molecule has 105 heavy (non-hydrogen) atoms. The molecule has 32 heteroatoms. The van der Waals surface area contributed by atoms with Gasteiger partial charge in [0.1, 0.15) is 23.7 Å². The number of carboxylic acids is 1. The normalized spacial score (nSPS) is 18.5. The van der Waals surface area contributed by atoms with E-state index in [0.29, 0.717) is 112 Å². The summed E-state index contributed by atoms with van der Waals surface area (Å²) in [7, 11) is -3.38. The number of piperidine rings is 4. The van der Waals surface area contributed by atoms with Gasteiger partial charge in [-0.25, -0.2) is 28.4 Å². The topological polar surface area (TPSA) is 446 Å². The highest BCUT2D eigenvalue weighted by molar-refractivity contribution is 7.90. The highest BCUT2D eigenvalue weighted by Crippen LogP contribution is 2.33. The Morgan fingerprint density at radius 2 is 1.10 bits per heavy atom. The number of hydrogen-bond acceptors (Lipinski definition) is 23. The summed E-state index contributed by atoms with van der Waals surface area (Å²) in [5.74, 6) is -2.58. The molecular weight excluding hydrogens is 1370 g/mol. The van der Waals surface area contributed by atoms with Gasteiger partial charge in [0.15, 0.2) is 32.9 Å². The summed E-state index contributed by atoms with van der Waals surface area (Å²) in [6.07, 6.45) is 12.8. The van der Waals surface area contributed by atoms with Gasteiger partial charge >= 0.3 is 5.97 Å². The third-order valence-electron chi connectivity index (χ3n) is 18.8. The predicted molar refractivity (Wildman–Crippen MR) is 386 cm³/mol. The van der Waals surface area contributed by atoms with E-state index in [2.05, 4.69) is 58.3 Å². The molecule has 4 saturated heterocycles. The summed E-state index contributed by atoms with van der Waals surface area (Å²) >= 11 is 0. The molecule has 0 spiro atoms. The van der Waals surface area contributed by atoms with Gasteiger partial charge in [0, 0.05) is 113 Å². The number of carbonyl (C=O) groups excluding carboxylic acids is 9. The van der Waals surface area contributed by atoms with Crippen LogP contribution in [0.5, 0.6) is 0 Å². The minimum absolute atomic E-state index is 0.0177. The van der Waals surface area contributed by atoms with Gasteiger partial charge in [-0.2, -0.15) is 0 Å². The van der Waals surface area contributed by atoms with Gasteiger partial charge in [0.2, 0.25) is 29.5 Å². The number of ether oxygens (including phenoxy) is 2. The highest BCUT2D eigenvalue weighted by Gasteiger charge is 2.41. The average molecular weight is 1460 g/mol. The quantitative estimate of drug-likeness (QED) is 0.0256. The summed E-state index contributed by atoms with van der Waals surface area (Å²) in [6.45, 7) is 6.84. The number of primary amides is 2. The second-order valence-corrected chi connectivity index (χ2v) is 28.4. The number of imide groups is 2. The Hall–Kier alpha value is -10.8. The van der Waals surface area contributed by atoms with Crippen LogP contribution >= 0.6 is 0 Å². The Balaban J connectivity index is 0.000000189. The van der Waals surface area contributed by atoms with Crippen LogP contribution in [-0.4, -0.2) is 185 Å². The Morgan fingerprint density at radius 1 is 0.619 bits per heavy atom. The number of aromatic nitrogens is 4. The number of anilines is 6. The van der Waals surface area contributed by atoms with Gasteiger partial charge in [-0.15, -0.1) is 0 Å². The summed E-state index contributed by atoms with van der Waals surface area (Å²) in [4.78, 5) is 145. The lowest BCUT2D eigenvalue weighted by Gasteiger charge is -2.34. The van der Waals surface area contributed by atoms with Crippen molar-refractivity contribution in [1.29, 1.82) is 0 Å². The zero-order valence-corrected chi connectivity index (χ0v) is 59.4. The lowest BCUT2D eigenvalue weighted by atomic mass is 10.00. The zero-order valence-electron chi connectivity index (χ0n) is 58.6. The van der Waals surface area contributed by atoms with Crippen molar-refractivity contribution in [1.82, 2.24) is 45.7 Å². The fraction of sp³-hybridized carbons (Fsp3) is 0.425. The lowest BCUT2D eigenvalue weighted by molar-refractivity contribution is -0.139. The van der Waals surface area contributed by atoms with Crippen molar-refractivity contribution >= 4 is 104 Å². The third kappa shape index (κ3) is 20.3. The number of carbonyl (C=O) groups is 10. The first-order chi connectivity index (χ1) is 50.4. The average Bonchev–Trinajstić information content (AvgIpc) is 1.64. The molecule has 6 aromatic rings. The number of amides is 9. The highest BCUT2D eigenvalue weighted by atomic mass is 32.2. The van der Waals surface area contributed by atoms with Gasteiger partial charge < -0.3 is 67.3 Å². The zero-order chi connectivity index (χ0) is 74.9. The molecule has 4 atom stereocenters. The molecule has 8 heterocycles. The summed E-state index contributed by atoms with van der Waals surface area (Å²) < 4.78 is 34.7. The van der Waals surface area contributed by atoms with Crippen LogP contribution in [0.2, 0.25) is 0 Å². The van der Waals surface area contributed by atoms with Gasteiger partial charge in [0.05, 0.1) is 36.9 Å². The number of nitrogens with zero attached hydrogens (tertiary/aromatic N) is 8. The van der Waals surface area contributed by atoms with Crippen molar-refractivity contribution in [2.75, 3.05) is 79.3 Å². The van der Waals surface area contributed by atoms with Crippen molar-refractivity contribution in [2.24, 2.45) is 17.2 Å². The number of nitrogens with two attached hydrogens (primary N) is 3. The molecule has 12 N–H and O–H groups in total. The number of nitrogens with one attached hydrogen (secondary N) is 5. The van der Waals surface area contributed by atoms with E-state index in [1.807, 2.05) is 53.4 Å². The van der Waals surface area contributed by atoms with Crippen LogP contribution in [0, 0.1) is 0 Å². The molecule has 556 valence electrons. The molecule has 0 aliphatic carbocycles. The van der Waals surface area contributed by atoms with Crippen molar-refractivity contribution in [3.63, 3.8) is 0 Å². The third-order valence-corrected chi connectivity index (χ3v) is 19.9. The number of benzene rings is 4. The molecule has 31 nitrogen and oxygen atoms in total. The summed E-state index contributed by atoms with van der Waals surface area (Å²) in [5.41, 5.74) is 24.7. The number of hydrogen-bond donors (Lipinski definition) is 9. The van der Waals surface area contributed by atoms with Crippen molar-refractivity contribution in [3.05, 3.63) is 148 Å². The Labute approximate surface area is 607 Å². The fourth-order valence-corrected chi connectivity index (χ4v) is 14.0. The molecule has 0 saturated carbocycles. The first kappa shape index (κ1) is 76.8. The van der Waals surface area contributed by atoms with Crippen LogP contribution in [-0.2, 0) is 80.4 Å². The molecule has 0 bridgehead atoms. The number of aliphatic carboxylic acids is 1. The van der Waals surface area contributed by atoms with Gasteiger partial charge in [-0.1, -0.05) is 43.3 Å². The van der Waals surface area contributed by atoms with E-state index in [4.69, 9.17) is 31.8 Å². The smallest absolute Gasteiger partial charge is 0.305 e. The standard InChI is InChI=1S/C36H42N8O8S.C19H22N2O6.C18H24N6O/c1-53(50,51)25-11-9-23(10-12-25)40-34-32(33(37)47)38-19-29(41-34)43-16-3-7-24(20-43)39-31(46)15-18-52-17-4-6-22-5-2-8-26-27(22)21-44(36(26)49)28-13-14-30(45)42-35(28)48;22-16-7-6-15(18(25)20-16)21-11-14-12(3-1-5-13(14)19(21)26)4-2-9-27-10-8-17(23)24;1-2-12-5-7-14(8-6-12)22-18-16(17(20)25)21-10-15(23-18)24-9-3-4-13(19)11-24/h2,5,8-12,19,24,28H,3-4,6-7,13-18,20-21H2,1H3,(H2,37,47)(H,39,46)(H,40,41)(H,42,45,48);1,3,5,15H,2,4,6-11H2,(H,23,24)(H,20,22,25);5-8,10,13H,2-4,9,11,19H2,1H3,(H2,20,25)(H,22,23)/t24-,28?;;13-/m1.1/s1. The van der Waals surface area contributed by atoms with Crippen LogP contribution in [0.1, 0.15) is 153 Å². The maximum absolute atomic E-state index is 13.1. The molecule has 4 aromatic carbocycles. The number of fused-ring (bicyclic) bond motifs is 2. The SMILES string of the molecule is CCc1ccc(Nc2nc(N3CCC[C@@H](N)C3)cnc2C(N)=O)cc1.CS(=O)(=O)c1ccc(Nc2nc(N3CCC[C@@H](NC(=O)CCOCCCc4cccc5c4CN(C4CCC(=O)NC4=O)C5=O)C3)cnc2C(N)=O)cc1.O=C(O)CCOCCCc1cccc2c1CN(C1CCC(=O)NC1=O)C2=O. The predicted octanol–water partition coefficient (Wildman–Crippen LogP) is 4.29. The van der Waals surface area contributed by atoms with E-state index in [0.717, 1.165) is 79.4 Å². The molecule has 4 fully saturated rings. The number of aryl methyl sites for hydroxylation is 3. The second kappa shape index (κ2) is 35.6. The molecule has 6 aliphatic rings. The Morgan fingerprint density at radius 3 is 1.55 bits per heavy atom.